The van der Waals surface area contributed by atoms with Gasteiger partial charge >= 0.3 is 0 Å². The van der Waals surface area contributed by atoms with Crippen molar-refractivity contribution < 1.29 is 24.5 Å². The summed E-state index contributed by atoms with van der Waals surface area (Å²) >= 11 is 0.945. The summed E-state index contributed by atoms with van der Waals surface area (Å²) in [5.74, 6) is -0.672. The van der Waals surface area contributed by atoms with Gasteiger partial charge in [0.1, 0.15) is 22.9 Å². The van der Waals surface area contributed by atoms with Crippen LogP contribution in [-0.2, 0) is 14.3 Å². The first kappa shape index (κ1) is 21.6. The van der Waals surface area contributed by atoms with Crippen LogP contribution in [0.1, 0.15) is 40.3 Å². The number of amides is 1. The third kappa shape index (κ3) is 4.58. The summed E-state index contributed by atoms with van der Waals surface area (Å²) < 4.78 is 7.31. The molecule has 0 bridgehead atoms. The molecule has 1 aliphatic rings. The van der Waals surface area contributed by atoms with Crippen molar-refractivity contribution >= 4 is 39.9 Å². The number of aromatic nitrogens is 4. The van der Waals surface area contributed by atoms with Crippen LogP contribution in [-0.4, -0.2) is 59.6 Å². The lowest BCUT2D eigenvalue weighted by Crippen LogP contribution is -2.24. The number of aliphatic hydroxyl groups is 2. The molecule has 3 atom stereocenters. The van der Waals surface area contributed by atoms with Crippen molar-refractivity contribution in [2.45, 2.75) is 57.6 Å². The van der Waals surface area contributed by atoms with Gasteiger partial charge < -0.3 is 14.9 Å². The average Bonchev–Trinajstić information content (AvgIpc) is 3.24. The fraction of sp³-hybridized carbons (Fsp3) is 0.611. The monoisotopic (exact) mass is 423 g/mol. The van der Waals surface area contributed by atoms with Gasteiger partial charge in [-0.25, -0.2) is 9.97 Å². The zero-order valence-corrected chi connectivity index (χ0v) is 17.5. The fourth-order valence-corrected chi connectivity index (χ4v) is 3.55. The zero-order chi connectivity index (χ0) is 21.3. The largest absolute Gasteiger partial charge is 0.394 e. The van der Waals surface area contributed by atoms with E-state index < -0.39 is 18.4 Å². The molecule has 0 aromatic carbocycles. The van der Waals surface area contributed by atoms with Crippen LogP contribution in [0.3, 0.4) is 0 Å². The molecular weight excluding hydrogens is 398 g/mol. The Kier molecular flexibility index (Phi) is 6.52. The zero-order valence-electron chi connectivity index (χ0n) is 16.7. The number of nitrogens with one attached hydrogen (secondary N) is 1. The molecular formula is C18H25N5O5S. The topological polar surface area (TPSA) is 139 Å². The standard InChI is InChI=1S/C18H25N5O5S/c1-8(2)15(26)21-18-20-14-13(16(22-18)29-17(27)9(3)4)19-7-23(14)12-5-10(25)11(6-24)28-12/h7-12,24-25H,5-6H2,1-4H3,(H,20,21,22,26)/t10-,11+,12+/m0/s1. The van der Waals surface area contributed by atoms with Gasteiger partial charge in [-0.3, -0.25) is 19.5 Å². The van der Waals surface area contributed by atoms with Gasteiger partial charge in [0.05, 0.1) is 19.0 Å². The molecule has 2 aromatic heterocycles. The van der Waals surface area contributed by atoms with Crippen LogP contribution in [0.5, 0.6) is 0 Å². The van der Waals surface area contributed by atoms with E-state index in [-0.39, 0.29) is 41.8 Å². The molecule has 0 radical (unpaired) electrons. The quantitative estimate of drug-likeness (QED) is 0.464. The van der Waals surface area contributed by atoms with E-state index in [1.165, 1.54) is 6.33 Å². The number of nitrogens with zero attached hydrogens (tertiary/aromatic N) is 4. The predicted molar refractivity (Wildman–Crippen MR) is 106 cm³/mol. The maximum Gasteiger partial charge on any atom is 0.232 e. The van der Waals surface area contributed by atoms with Gasteiger partial charge in [0.25, 0.3) is 0 Å². The Morgan fingerprint density at radius 2 is 2.03 bits per heavy atom. The second-order valence-electron chi connectivity index (χ2n) is 7.51. The summed E-state index contributed by atoms with van der Waals surface area (Å²) in [4.78, 5) is 37.5. The molecule has 3 N–H and O–H groups in total. The van der Waals surface area contributed by atoms with E-state index in [0.29, 0.717) is 16.2 Å². The lowest BCUT2D eigenvalue weighted by molar-refractivity contribution is -0.119. The Bertz CT molecular complexity index is 915. The van der Waals surface area contributed by atoms with Crippen LogP contribution in [0.2, 0.25) is 0 Å². The molecule has 158 valence electrons. The Labute approximate surface area is 172 Å². The summed E-state index contributed by atoms with van der Waals surface area (Å²) in [5.41, 5.74) is 0.769. The van der Waals surface area contributed by atoms with Gasteiger partial charge in [0.2, 0.25) is 11.9 Å². The average molecular weight is 423 g/mol. The Morgan fingerprint density at radius 3 is 2.62 bits per heavy atom. The highest BCUT2D eigenvalue weighted by Gasteiger charge is 2.35. The number of hydrogen-bond donors (Lipinski definition) is 3. The van der Waals surface area contributed by atoms with Gasteiger partial charge in [-0.15, -0.1) is 0 Å². The van der Waals surface area contributed by atoms with E-state index in [1.807, 2.05) is 0 Å². The Balaban J connectivity index is 2.03. The lowest BCUT2D eigenvalue weighted by atomic mass is 10.2. The van der Waals surface area contributed by atoms with Crippen LogP contribution >= 0.6 is 11.8 Å². The minimum Gasteiger partial charge on any atom is -0.394 e. The molecule has 3 rings (SSSR count). The summed E-state index contributed by atoms with van der Waals surface area (Å²) in [6.07, 6.45) is -0.359. The van der Waals surface area contributed by atoms with Crippen molar-refractivity contribution in [3.05, 3.63) is 6.33 Å². The first-order valence-electron chi connectivity index (χ1n) is 9.42. The van der Waals surface area contributed by atoms with Crippen molar-refractivity contribution in [2.75, 3.05) is 11.9 Å². The molecule has 0 saturated carbocycles. The molecule has 0 spiro atoms. The van der Waals surface area contributed by atoms with E-state index in [0.717, 1.165) is 11.8 Å². The summed E-state index contributed by atoms with van der Waals surface area (Å²) in [5, 5.41) is 22.3. The molecule has 11 heteroatoms. The van der Waals surface area contributed by atoms with Gasteiger partial charge in [0.15, 0.2) is 10.8 Å². The van der Waals surface area contributed by atoms with Crippen LogP contribution in [0.15, 0.2) is 11.4 Å². The summed E-state index contributed by atoms with van der Waals surface area (Å²) in [7, 11) is 0. The molecule has 29 heavy (non-hydrogen) atoms. The smallest absolute Gasteiger partial charge is 0.232 e. The normalized spacial score (nSPS) is 22.0. The number of aliphatic hydroxyl groups excluding tert-OH is 2. The second kappa shape index (κ2) is 8.74. The van der Waals surface area contributed by atoms with Crippen LogP contribution in [0, 0.1) is 11.8 Å². The fourth-order valence-electron chi connectivity index (χ4n) is 2.75. The van der Waals surface area contributed by atoms with Crippen LogP contribution in [0.4, 0.5) is 5.95 Å². The molecule has 1 amide bonds. The Hall–Kier alpha value is -2.08. The molecule has 1 fully saturated rings. The minimum atomic E-state index is -0.819. The summed E-state index contributed by atoms with van der Waals surface area (Å²) in [6.45, 7) is 6.77. The molecule has 1 aliphatic heterocycles. The number of rotatable bonds is 6. The van der Waals surface area contributed by atoms with Gasteiger partial charge in [-0.1, -0.05) is 27.7 Å². The van der Waals surface area contributed by atoms with Crippen molar-refractivity contribution in [3.63, 3.8) is 0 Å². The van der Waals surface area contributed by atoms with Crippen molar-refractivity contribution in [1.82, 2.24) is 19.5 Å². The SMILES string of the molecule is CC(C)C(=O)Nc1nc(SC(=O)C(C)C)c2ncn([C@H]3C[C@H](O)[C@@H](CO)O3)c2n1. The van der Waals surface area contributed by atoms with E-state index >= 15 is 0 Å². The molecule has 10 nitrogen and oxygen atoms in total. The van der Waals surface area contributed by atoms with Gasteiger partial charge in [0, 0.05) is 18.3 Å². The molecule has 1 saturated heterocycles. The molecule has 2 aromatic rings. The lowest BCUT2D eigenvalue weighted by Gasteiger charge is -2.14. The van der Waals surface area contributed by atoms with Gasteiger partial charge in [-0.05, 0) is 11.8 Å². The Morgan fingerprint density at radius 1 is 1.31 bits per heavy atom. The number of anilines is 1. The predicted octanol–water partition coefficient (Wildman–Crippen LogP) is 1.34. The van der Waals surface area contributed by atoms with Crippen molar-refractivity contribution in [3.8, 4) is 0 Å². The maximum atomic E-state index is 12.3. The maximum absolute atomic E-state index is 12.3. The minimum absolute atomic E-state index is 0.0641. The number of hydrogen-bond acceptors (Lipinski definition) is 9. The third-order valence-electron chi connectivity index (χ3n) is 4.51. The first-order chi connectivity index (χ1) is 13.7. The molecule has 3 heterocycles. The summed E-state index contributed by atoms with van der Waals surface area (Å²) in [6, 6.07) is 0. The van der Waals surface area contributed by atoms with Crippen molar-refractivity contribution in [2.24, 2.45) is 11.8 Å². The highest BCUT2D eigenvalue weighted by atomic mass is 32.2. The van der Waals surface area contributed by atoms with E-state index in [1.54, 1.807) is 32.3 Å². The number of ether oxygens (including phenoxy) is 1. The van der Waals surface area contributed by atoms with Crippen molar-refractivity contribution in [1.29, 1.82) is 0 Å². The van der Waals surface area contributed by atoms with E-state index in [9.17, 15) is 19.8 Å². The van der Waals surface area contributed by atoms with E-state index in [4.69, 9.17) is 4.74 Å². The highest BCUT2D eigenvalue weighted by Crippen LogP contribution is 2.34. The van der Waals surface area contributed by atoms with E-state index in [2.05, 4.69) is 20.3 Å². The van der Waals surface area contributed by atoms with Crippen LogP contribution < -0.4 is 5.32 Å². The third-order valence-corrected chi connectivity index (χ3v) is 5.66. The molecule has 0 aliphatic carbocycles. The first-order valence-corrected chi connectivity index (χ1v) is 10.2. The second-order valence-corrected chi connectivity index (χ2v) is 8.50. The highest BCUT2D eigenvalue weighted by molar-refractivity contribution is 8.13. The van der Waals surface area contributed by atoms with Crippen LogP contribution in [0.25, 0.3) is 11.2 Å². The molecule has 0 unspecified atom stereocenters. The number of thioether (sulfide) groups is 1. The number of carbonyl (C=O) groups is 2. The number of fused-ring (bicyclic) bond motifs is 1. The van der Waals surface area contributed by atoms with Gasteiger partial charge in [-0.2, -0.15) is 4.98 Å². The number of imidazole rings is 1. The number of carbonyl (C=O) groups excluding carboxylic acids is 2.